The number of aliphatic hydroxyl groups is 4. The largest absolute Gasteiger partial charge is 0.390 e. The Morgan fingerprint density at radius 2 is 0.963 bits per heavy atom. The zero-order chi connectivity index (χ0) is 55.2. The summed E-state index contributed by atoms with van der Waals surface area (Å²) in [5.41, 5.74) is 0.140. The van der Waals surface area contributed by atoms with E-state index in [-0.39, 0.29) is 96.8 Å². The monoisotopic (exact) mass is 1160 g/mol. The zero-order valence-electron chi connectivity index (χ0n) is 48.1. The molecule has 466 valence electrons. The first-order valence-electron chi connectivity index (χ1n) is 31.5. The van der Waals surface area contributed by atoms with Gasteiger partial charge in [0.15, 0.2) is 9.84 Å². The van der Waals surface area contributed by atoms with Gasteiger partial charge in [0.25, 0.3) is 0 Å². The number of halogens is 4. The lowest BCUT2D eigenvalue weighted by molar-refractivity contribution is -0.109. The van der Waals surface area contributed by atoms with Crippen LogP contribution in [0.25, 0.3) is 0 Å². The van der Waals surface area contributed by atoms with Gasteiger partial charge in [-0.1, -0.05) is 113 Å². The number of allylic oxidation sites excluding steroid dienone is 2. The summed E-state index contributed by atoms with van der Waals surface area (Å²) in [6.07, 6.45) is 25.2. The fourth-order valence-electron chi connectivity index (χ4n) is 20.5. The number of alkyl halides is 4. The fraction of sp³-hybridized carbons (Fsp3) is 0.857. The smallest absolute Gasteiger partial charge is 0.248 e. The van der Waals surface area contributed by atoms with Gasteiger partial charge in [-0.25, -0.2) is 26.0 Å². The number of benzene rings is 1. The molecule has 6 nitrogen and oxygen atoms in total. The van der Waals surface area contributed by atoms with Gasteiger partial charge in [0, 0.05) is 25.7 Å². The molecule has 1 aromatic carbocycles. The molecule has 0 heterocycles. The van der Waals surface area contributed by atoms with Crippen molar-refractivity contribution in [2.24, 2.45) is 81.8 Å². The van der Waals surface area contributed by atoms with Crippen molar-refractivity contribution in [1.29, 1.82) is 0 Å². The van der Waals surface area contributed by atoms with Crippen molar-refractivity contribution in [1.82, 2.24) is 0 Å². The molecule has 0 aromatic heterocycles. The summed E-state index contributed by atoms with van der Waals surface area (Å²) < 4.78 is 84.0. The molecule has 0 aliphatic heterocycles. The van der Waals surface area contributed by atoms with E-state index in [2.05, 4.69) is 53.7 Å². The fourth-order valence-corrected chi connectivity index (χ4v) is 22.7. The molecule has 10 aliphatic rings. The second-order valence-corrected chi connectivity index (χ2v) is 31.5. The van der Waals surface area contributed by atoms with Crippen molar-refractivity contribution in [3.8, 4) is 0 Å². The summed E-state index contributed by atoms with van der Waals surface area (Å²) in [6.45, 7) is 13.6. The van der Waals surface area contributed by atoms with Crippen LogP contribution in [0.15, 0.2) is 58.5 Å². The molecule has 4 N–H and O–H groups in total. The Hall–Kier alpha value is -1.79. The number of hydrogen-bond donors (Lipinski definition) is 4. The first-order chi connectivity index (χ1) is 36.2. The van der Waals surface area contributed by atoms with Gasteiger partial charge in [-0.15, -0.1) is 0 Å². The molecule has 0 amide bonds. The normalized spacial score (nSPS) is 40.6. The van der Waals surface area contributed by atoms with Gasteiger partial charge in [-0.05, 0) is 254 Å². The van der Waals surface area contributed by atoms with Crippen molar-refractivity contribution in [2.45, 2.75) is 302 Å². The summed E-state index contributed by atoms with van der Waals surface area (Å²) in [7, 11) is -3.80. The number of sulfone groups is 1. The maximum Gasteiger partial charge on any atom is 0.248 e. The minimum absolute atomic E-state index is 0. The van der Waals surface area contributed by atoms with E-state index in [0.29, 0.717) is 53.3 Å². The Labute approximate surface area is 491 Å². The van der Waals surface area contributed by atoms with Crippen LogP contribution in [0.4, 0.5) is 17.6 Å². The average molecular weight is 1160 g/mol. The van der Waals surface area contributed by atoms with Gasteiger partial charge in [-0.3, -0.25) is 0 Å². The second-order valence-electron chi connectivity index (χ2n) is 29.3. The molecule has 10 aliphatic carbocycles. The third-order valence-electron chi connectivity index (χ3n) is 25.5. The molecule has 17 atom stereocenters. The summed E-state index contributed by atoms with van der Waals surface area (Å²) in [5, 5.41) is 43.6. The standard InChI is InChI=1S/C36H52F2O4S.C30H48F2O2.4CH4/c1-4-34(39)17-15-27-25(22-34)10-11-29-28(27)14-16-33(3)30(12-13-31(29)33)24(2)32(43(41,42)26-8-6-5-7-9-26)23-35(40)18-20-36(37,38)21-19-35;1-4-28(33)14-11-22-21(19-28)5-6-24-23(22)10-12-27(3)25(7-8-26(24)27)20(2)9-13-29(34)15-17-30(31,32)18-16-29;;;;/h5-10,24,27-32,39-40H,4,11-23H2,1-3H3;5,20,22-26,33-34H,4,6-19H2,1-3H3;4*1H4/t24-,27-,28+,29+,30+,31-,32?,33+,34-;20-,22+,23-,24-,25-,26+,27-,28+;;;;/m01..../s1. The van der Waals surface area contributed by atoms with E-state index in [4.69, 9.17) is 0 Å². The van der Waals surface area contributed by atoms with Crippen LogP contribution in [0.1, 0.15) is 257 Å². The molecule has 1 aromatic rings. The lowest BCUT2D eigenvalue weighted by atomic mass is 9.50. The Balaban J connectivity index is 0.000000255. The molecule has 0 spiro atoms. The molecular weight excluding hydrogens is 1040 g/mol. The Morgan fingerprint density at radius 3 is 1.42 bits per heavy atom. The van der Waals surface area contributed by atoms with Gasteiger partial charge >= 0.3 is 0 Å². The van der Waals surface area contributed by atoms with Crippen LogP contribution in [-0.2, 0) is 9.84 Å². The van der Waals surface area contributed by atoms with E-state index in [1.54, 1.807) is 35.9 Å². The van der Waals surface area contributed by atoms with Crippen LogP contribution in [0.2, 0.25) is 0 Å². The molecule has 8 fully saturated rings. The predicted octanol–water partition coefficient (Wildman–Crippen LogP) is 18.3. The van der Waals surface area contributed by atoms with E-state index < -0.39 is 62.2 Å². The second kappa shape index (κ2) is 25.1. The van der Waals surface area contributed by atoms with Crippen molar-refractivity contribution < 1.29 is 46.4 Å². The molecule has 11 rings (SSSR count). The van der Waals surface area contributed by atoms with Gasteiger partial charge in [0.2, 0.25) is 11.8 Å². The Kier molecular flexibility index (Phi) is 21.2. The summed E-state index contributed by atoms with van der Waals surface area (Å²) in [5.74, 6) is 1.26. The lowest BCUT2D eigenvalue weighted by Crippen LogP contribution is -2.50. The molecule has 1 unspecified atom stereocenters. The summed E-state index contributed by atoms with van der Waals surface area (Å²) in [6, 6.07) is 8.53. The van der Waals surface area contributed by atoms with Crippen LogP contribution in [-0.4, -0.2) is 68.3 Å². The van der Waals surface area contributed by atoms with Gasteiger partial charge in [0.1, 0.15) is 0 Å². The zero-order valence-corrected chi connectivity index (χ0v) is 48.9. The molecule has 81 heavy (non-hydrogen) atoms. The SMILES string of the molecule is C.C.C.C.CC[C@]1(O)CC[C@H]2C(=CC[C@@H]3[C@@H]2CC[C@]2(C)[C@@H]([C@H](C)C(CC4(O)CCC(F)(F)CC4)S(=O)(=O)c4ccccc4)CC[C@@H]32)C1.CC[C@]1(O)CC[C@H]2C(=CC[C@@H]3[C@@H]2CC[C@]2(C)[C@@H]([C@H](C)CCC4(O)CCC(F)(F)CC4)CC[C@@H]32)C1. The molecule has 11 heteroatoms. The lowest BCUT2D eigenvalue weighted by Gasteiger charge is -2.55. The van der Waals surface area contributed by atoms with E-state index in [0.717, 1.165) is 108 Å². The number of rotatable bonds is 12. The van der Waals surface area contributed by atoms with Crippen LogP contribution < -0.4 is 0 Å². The van der Waals surface area contributed by atoms with Gasteiger partial charge in [0.05, 0.1) is 32.5 Å². The molecular formula is C70H116F4O6S. The summed E-state index contributed by atoms with van der Waals surface area (Å²) >= 11 is 0. The maximum atomic E-state index is 14.3. The topological polar surface area (TPSA) is 115 Å². The third-order valence-corrected chi connectivity index (χ3v) is 27.8. The van der Waals surface area contributed by atoms with Crippen molar-refractivity contribution in [3.05, 3.63) is 53.6 Å². The van der Waals surface area contributed by atoms with Crippen LogP contribution in [0.3, 0.4) is 0 Å². The predicted molar refractivity (Wildman–Crippen MR) is 325 cm³/mol. The molecule has 0 saturated heterocycles. The highest BCUT2D eigenvalue weighted by Gasteiger charge is 2.61. The maximum absolute atomic E-state index is 14.3. The summed E-state index contributed by atoms with van der Waals surface area (Å²) in [4.78, 5) is 0.259. The highest BCUT2D eigenvalue weighted by Crippen LogP contribution is 2.67. The van der Waals surface area contributed by atoms with Crippen LogP contribution in [0, 0.1) is 81.8 Å². The minimum atomic E-state index is -3.80. The Bertz CT molecular complexity index is 2410. The van der Waals surface area contributed by atoms with E-state index in [9.17, 15) is 46.4 Å². The number of hydrogen-bond acceptors (Lipinski definition) is 6. The third kappa shape index (κ3) is 13.2. The quantitative estimate of drug-likeness (QED) is 0.122. The van der Waals surface area contributed by atoms with Crippen molar-refractivity contribution in [2.75, 3.05) is 0 Å². The Morgan fingerprint density at radius 1 is 0.531 bits per heavy atom. The van der Waals surface area contributed by atoms with E-state index >= 15 is 0 Å². The van der Waals surface area contributed by atoms with E-state index in [1.807, 2.05) is 0 Å². The van der Waals surface area contributed by atoms with Crippen molar-refractivity contribution >= 4 is 9.84 Å². The highest BCUT2D eigenvalue weighted by molar-refractivity contribution is 7.92. The highest BCUT2D eigenvalue weighted by atomic mass is 32.2. The molecule has 0 radical (unpaired) electrons. The van der Waals surface area contributed by atoms with Crippen LogP contribution >= 0.6 is 0 Å². The minimum Gasteiger partial charge on any atom is -0.390 e. The first-order valence-corrected chi connectivity index (χ1v) is 33.0. The van der Waals surface area contributed by atoms with Crippen LogP contribution in [0.5, 0.6) is 0 Å². The average Bonchev–Trinajstić information content (AvgIpc) is 4.22. The molecule has 8 saturated carbocycles. The number of fused-ring (bicyclic) bond motifs is 10. The molecule has 0 bridgehead atoms. The van der Waals surface area contributed by atoms with Gasteiger partial charge < -0.3 is 20.4 Å². The van der Waals surface area contributed by atoms with Crippen molar-refractivity contribution in [3.63, 3.8) is 0 Å². The van der Waals surface area contributed by atoms with Gasteiger partial charge in [-0.2, -0.15) is 0 Å². The first kappa shape index (κ1) is 68.3. The van der Waals surface area contributed by atoms with E-state index in [1.165, 1.54) is 37.7 Å².